The highest BCUT2D eigenvalue weighted by Gasteiger charge is 2.60. The number of piperidine rings is 1. The lowest BCUT2D eigenvalue weighted by Crippen LogP contribution is -2.59. The maximum Gasteiger partial charge on any atom is 0.326 e. The normalized spacial score (nSPS) is 20.2. The predicted octanol–water partition coefficient (Wildman–Crippen LogP) is 9.88. The molecule has 3 heterocycles. The summed E-state index contributed by atoms with van der Waals surface area (Å²) >= 11 is 12.9. The van der Waals surface area contributed by atoms with Crippen LogP contribution in [0.15, 0.2) is 65.8 Å². The molecule has 1 saturated heterocycles. The Labute approximate surface area is 356 Å². The molecule has 2 aliphatic rings. The molecule has 3 amide bonds. The summed E-state index contributed by atoms with van der Waals surface area (Å²) in [6.07, 6.45) is 3.75. The van der Waals surface area contributed by atoms with Crippen LogP contribution in [-0.2, 0) is 30.8 Å². The topological polar surface area (TPSA) is 96.8 Å². The molecule has 0 saturated carbocycles. The molecule has 0 unspecified atom stereocenters. The van der Waals surface area contributed by atoms with E-state index in [-0.39, 0.29) is 35.5 Å². The summed E-state index contributed by atoms with van der Waals surface area (Å²) in [4.78, 5) is 45.2. The van der Waals surface area contributed by atoms with Crippen molar-refractivity contribution >= 4 is 41.0 Å². The summed E-state index contributed by atoms with van der Waals surface area (Å²) in [7, 11) is 0. The van der Waals surface area contributed by atoms with Crippen molar-refractivity contribution in [3.05, 3.63) is 93.2 Å². The van der Waals surface area contributed by atoms with Crippen LogP contribution in [0.2, 0.25) is 10.0 Å². The standard InChI is InChI=1S/C46H63Cl2N5O5/c1-11-56-39-29-40(44(6,7)8)49-30-38(39)42-50-45(9,34-12-16-36(47)17-13-34)46(10,35-14-18-37(48)19-15-35)53(42)43(55)52-22-20-33(21-23-52)28-41(54)51(24-26-57-31(2)3)25-27-58-32(4)5/h12-19,29-33H,11,20-28H2,1-10H3/t45-,46+/m0/s1. The van der Waals surface area contributed by atoms with Gasteiger partial charge in [-0.1, -0.05) is 68.2 Å². The quantitative estimate of drug-likeness (QED) is 0.151. The van der Waals surface area contributed by atoms with E-state index in [0.29, 0.717) is 92.5 Å². The molecule has 0 N–H and O–H groups in total. The summed E-state index contributed by atoms with van der Waals surface area (Å²) in [5.41, 5.74) is 0.972. The van der Waals surface area contributed by atoms with E-state index in [1.54, 1.807) is 6.20 Å². The molecule has 2 aromatic carbocycles. The number of ether oxygens (including phenoxy) is 3. The van der Waals surface area contributed by atoms with E-state index in [9.17, 15) is 4.79 Å². The number of amides is 3. The molecular formula is C46H63Cl2N5O5. The van der Waals surface area contributed by atoms with E-state index in [4.69, 9.17) is 47.4 Å². The van der Waals surface area contributed by atoms with Crippen LogP contribution in [0.1, 0.15) is 111 Å². The summed E-state index contributed by atoms with van der Waals surface area (Å²) < 4.78 is 17.9. The predicted molar refractivity (Wildman–Crippen MR) is 233 cm³/mol. The van der Waals surface area contributed by atoms with Gasteiger partial charge in [-0.25, -0.2) is 4.79 Å². The number of urea groups is 1. The van der Waals surface area contributed by atoms with E-state index < -0.39 is 11.1 Å². The van der Waals surface area contributed by atoms with Crippen LogP contribution in [0.3, 0.4) is 0 Å². The SMILES string of the molecule is CCOc1cc(C(C)(C)C)ncc1C1=N[C@@](C)(c2ccc(Cl)cc2)[C@@](C)(c2ccc(Cl)cc2)N1C(=O)N1CCC(CC(=O)N(CCOC(C)C)CCOC(C)C)CC1. The van der Waals surface area contributed by atoms with Gasteiger partial charge in [0.2, 0.25) is 5.91 Å². The van der Waals surface area contributed by atoms with E-state index >= 15 is 4.79 Å². The van der Waals surface area contributed by atoms with Crippen molar-refractivity contribution in [2.45, 2.75) is 117 Å². The minimum atomic E-state index is -1.05. The van der Waals surface area contributed by atoms with Crippen molar-refractivity contribution in [3.63, 3.8) is 0 Å². The average Bonchev–Trinajstić information content (AvgIpc) is 3.41. The summed E-state index contributed by atoms with van der Waals surface area (Å²) in [5.74, 6) is 1.29. The number of hydrogen-bond donors (Lipinski definition) is 0. The Kier molecular flexibility index (Phi) is 15.0. The average molecular weight is 837 g/mol. The highest BCUT2D eigenvalue weighted by atomic mass is 35.5. The zero-order valence-corrected chi connectivity index (χ0v) is 37.6. The number of halogens is 2. The molecule has 0 aliphatic carbocycles. The van der Waals surface area contributed by atoms with Gasteiger partial charge in [0, 0.05) is 66.0 Å². The Balaban J connectivity index is 1.51. The minimum Gasteiger partial charge on any atom is -0.493 e. The molecule has 1 aromatic heterocycles. The molecule has 0 bridgehead atoms. The first-order valence-electron chi connectivity index (χ1n) is 20.7. The van der Waals surface area contributed by atoms with Gasteiger partial charge >= 0.3 is 6.03 Å². The number of hydrogen-bond acceptors (Lipinski definition) is 7. The van der Waals surface area contributed by atoms with Gasteiger partial charge in [0.15, 0.2) is 0 Å². The molecule has 0 spiro atoms. The molecular weight excluding hydrogens is 773 g/mol. The van der Waals surface area contributed by atoms with E-state index in [1.807, 2.05) is 104 Å². The molecule has 10 nitrogen and oxygen atoms in total. The monoisotopic (exact) mass is 835 g/mol. The van der Waals surface area contributed by atoms with Gasteiger partial charge in [-0.05, 0) is 103 Å². The second-order valence-electron chi connectivity index (χ2n) is 17.3. The highest BCUT2D eigenvalue weighted by molar-refractivity contribution is 6.30. The molecule has 2 atom stereocenters. The number of carbonyl (C=O) groups is 2. The Morgan fingerprint density at radius 2 is 1.41 bits per heavy atom. The van der Waals surface area contributed by atoms with Gasteiger partial charge in [0.05, 0.1) is 37.6 Å². The van der Waals surface area contributed by atoms with Crippen LogP contribution in [0.4, 0.5) is 4.79 Å². The number of carbonyl (C=O) groups excluding carboxylic acids is 2. The molecule has 316 valence electrons. The first kappa shape index (κ1) is 45.4. The van der Waals surface area contributed by atoms with Gasteiger partial charge in [-0.15, -0.1) is 0 Å². The fourth-order valence-corrected chi connectivity index (χ4v) is 8.11. The highest BCUT2D eigenvalue weighted by Crippen LogP contribution is 2.54. The van der Waals surface area contributed by atoms with Crippen LogP contribution in [-0.4, -0.2) is 95.7 Å². The number of nitrogens with zero attached hydrogens (tertiary/aromatic N) is 5. The molecule has 1 fully saturated rings. The Bertz CT molecular complexity index is 1880. The lowest BCUT2D eigenvalue weighted by molar-refractivity contribution is -0.134. The first-order valence-corrected chi connectivity index (χ1v) is 21.5. The number of rotatable bonds is 15. The lowest BCUT2D eigenvalue weighted by Gasteiger charge is -2.47. The fraction of sp³-hybridized carbons (Fsp3) is 0.565. The second kappa shape index (κ2) is 19.1. The molecule has 58 heavy (non-hydrogen) atoms. The van der Waals surface area contributed by atoms with Gasteiger partial charge in [0.1, 0.15) is 22.7 Å². The summed E-state index contributed by atoms with van der Waals surface area (Å²) in [6, 6.07) is 17.1. The van der Waals surface area contributed by atoms with Gasteiger partial charge in [-0.2, -0.15) is 0 Å². The lowest BCUT2D eigenvalue weighted by atomic mass is 9.71. The number of pyridine rings is 1. The Hall–Kier alpha value is -3.70. The van der Waals surface area contributed by atoms with Gasteiger partial charge in [-0.3, -0.25) is 19.7 Å². The third-order valence-corrected chi connectivity index (χ3v) is 11.9. The Morgan fingerprint density at radius 1 is 0.879 bits per heavy atom. The van der Waals surface area contributed by atoms with Gasteiger partial charge < -0.3 is 24.0 Å². The van der Waals surface area contributed by atoms with E-state index in [1.165, 1.54) is 0 Å². The molecule has 3 aromatic rings. The number of benzene rings is 2. The maximum absolute atomic E-state index is 15.5. The van der Waals surface area contributed by atoms with Crippen molar-refractivity contribution in [1.82, 2.24) is 19.7 Å². The van der Waals surface area contributed by atoms with E-state index in [2.05, 4.69) is 34.6 Å². The number of amidine groups is 1. The van der Waals surface area contributed by atoms with Crippen LogP contribution in [0, 0.1) is 5.92 Å². The molecule has 2 aliphatic heterocycles. The number of aliphatic imine (C=N–C) groups is 1. The molecule has 12 heteroatoms. The van der Waals surface area contributed by atoms with Crippen molar-refractivity contribution in [1.29, 1.82) is 0 Å². The maximum atomic E-state index is 15.5. The zero-order chi connectivity index (χ0) is 42.4. The molecule has 5 rings (SSSR count). The van der Waals surface area contributed by atoms with E-state index in [0.717, 1.165) is 16.8 Å². The van der Waals surface area contributed by atoms with Gasteiger partial charge in [0.25, 0.3) is 0 Å². The summed E-state index contributed by atoms with van der Waals surface area (Å²) in [5, 5.41) is 1.20. The first-order chi connectivity index (χ1) is 27.4. The van der Waals surface area contributed by atoms with Crippen molar-refractivity contribution in [3.8, 4) is 5.75 Å². The van der Waals surface area contributed by atoms with Crippen molar-refractivity contribution in [2.24, 2.45) is 10.9 Å². The smallest absolute Gasteiger partial charge is 0.326 e. The van der Waals surface area contributed by atoms with Crippen molar-refractivity contribution < 1.29 is 23.8 Å². The van der Waals surface area contributed by atoms with Crippen LogP contribution in [0.25, 0.3) is 0 Å². The fourth-order valence-electron chi connectivity index (χ4n) is 7.86. The Morgan fingerprint density at radius 3 is 1.91 bits per heavy atom. The second-order valence-corrected chi connectivity index (χ2v) is 18.2. The summed E-state index contributed by atoms with van der Waals surface area (Å²) in [6.45, 7) is 23.8. The number of likely N-dealkylation sites (tertiary alicyclic amines) is 1. The van der Waals surface area contributed by atoms with Crippen molar-refractivity contribution in [2.75, 3.05) is 46.0 Å². The minimum absolute atomic E-state index is 0.0853. The number of aromatic nitrogens is 1. The third-order valence-electron chi connectivity index (χ3n) is 11.4. The largest absolute Gasteiger partial charge is 0.493 e. The van der Waals surface area contributed by atoms with Crippen LogP contribution in [0.5, 0.6) is 5.75 Å². The zero-order valence-electron chi connectivity index (χ0n) is 36.1. The third kappa shape index (κ3) is 10.2. The van der Waals surface area contributed by atoms with Crippen LogP contribution < -0.4 is 4.74 Å². The molecule has 0 radical (unpaired) electrons. The van der Waals surface area contributed by atoms with Crippen LogP contribution >= 0.6 is 23.2 Å².